The Kier molecular flexibility index (Phi) is 3.94. The molecule has 0 bridgehead atoms. The van der Waals surface area contributed by atoms with Crippen LogP contribution in [-0.4, -0.2) is 25.0 Å². The Morgan fingerprint density at radius 1 is 1.16 bits per heavy atom. The predicted molar refractivity (Wildman–Crippen MR) is 65.5 cm³/mol. The molecule has 0 amide bonds. The van der Waals surface area contributed by atoms with Gasteiger partial charge in [-0.3, -0.25) is 4.79 Å². The van der Waals surface area contributed by atoms with Gasteiger partial charge in [0.1, 0.15) is 0 Å². The molecule has 1 fully saturated rings. The van der Waals surface area contributed by atoms with Crippen LogP contribution in [0.25, 0.3) is 0 Å². The van der Waals surface area contributed by atoms with E-state index in [9.17, 15) is 14.4 Å². The van der Waals surface area contributed by atoms with Crippen molar-refractivity contribution in [1.29, 1.82) is 0 Å². The molecule has 0 saturated heterocycles. The SMILES string of the molecule is COC(=O)c1cccc(C(=O)OC(=O)CC2CC2)c1. The van der Waals surface area contributed by atoms with E-state index in [1.165, 1.54) is 31.4 Å². The van der Waals surface area contributed by atoms with Crippen molar-refractivity contribution in [1.82, 2.24) is 0 Å². The van der Waals surface area contributed by atoms with Crippen LogP contribution in [-0.2, 0) is 14.3 Å². The highest BCUT2D eigenvalue weighted by Crippen LogP contribution is 2.32. The van der Waals surface area contributed by atoms with Crippen LogP contribution in [0.15, 0.2) is 24.3 Å². The molecule has 1 aromatic carbocycles. The Morgan fingerprint density at radius 3 is 2.37 bits per heavy atom. The standard InChI is InChI=1S/C14H14O5/c1-18-13(16)10-3-2-4-11(8-10)14(17)19-12(15)7-9-5-6-9/h2-4,8-9H,5-7H2,1H3. The van der Waals surface area contributed by atoms with Crippen LogP contribution < -0.4 is 0 Å². The van der Waals surface area contributed by atoms with Gasteiger partial charge in [-0.2, -0.15) is 0 Å². The van der Waals surface area contributed by atoms with Crippen LogP contribution in [0.5, 0.6) is 0 Å². The topological polar surface area (TPSA) is 69.7 Å². The summed E-state index contributed by atoms with van der Waals surface area (Å²) >= 11 is 0. The van der Waals surface area contributed by atoms with Gasteiger partial charge in [0.2, 0.25) is 0 Å². The van der Waals surface area contributed by atoms with Crippen LogP contribution in [0.2, 0.25) is 0 Å². The largest absolute Gasteiger partial charge is 0.465 e. The second-order valence-electron chi connectivity index (χ2n) is 4.48. The number of rotatable bonds is 4. The zero-order valence-electron chi connectivity index (χ0n) is 10.5. The summed E-state index contributed by atoms with van der Waals surface area (Å²) in [6.07, 6.45) is 2.31. The van der Waals surface area contributed by atoms with Crippen LogP contribution >= 0.6 is 0 Å². The maximum atomic E-state index is 11.7. The van der Waals surface area contributed by atoms with Gasteiger partial charge in [0.05, 0.1) is 18.2 Å². The maximum Gasteiger partial charge on any atom is 0.345 e. The van der Waals surface area contributed by atoms with E-state index in [0.717, 1.165) is 12.8 Å². The quantitative estimate of drug-likeness (QED) is 0.612. The summed E-state index contributed by atoms with van der Waals surface area (Å²) in [6.45, 7) is 0. The van der Waals surface area contributed by atoms with Gasteiger partial charge in [-0.1, -0.05) is 6.07 Å². The fraction of sp³-hybridized carbons (Fsp3) is 0.357. The number of methoxy groups -OCH3 is 1. The highest BCUT2D eigenvalue weighted by atomic mass is 16.6. The monoisotopic (exact) mass is 262 g/mol. The van der Waals surface area contributed by atoms with Gasteiger partial charge in [0.15, 0.2) is 0 Å². The average Bonchev–Trinajstić information content (AvgIpc) is 3.21. The Hall–Kier alpha value is -2.17. The van der Waals surface area contributed by atoms with E-state index in [4.69, 9.17) is 4.74 Å². The summed E-state index contributed by atoms with van der Waals surface area (Å²) in [5, 5.41) is 0. The molecule has 100 valence electrons. The highest BCUT2D eigenvalue weighted by molar-refractivity contribution is 5.99. The molecule has 1 aliphatic rings. The third-order valence-electron chi connectivity index (χ3n) is 2.88. The summed E-state index contributed by atoms with van der Waals surface area (Å²) < 4.78 is 9.28. The van der Waals surface area contributed by atoms with Crippen LogP contribution in [0.4, 0.5) is 0 Å². The fourth-order valence-corrected chi connectivity index (χ4v) is 1.65. The summed E-state index contributed by atoms with van der Waals surface area (Å²) in [6, 6.07) is 5.89. The molecule has 0 N–H and O–H groups in total. The van der Waals surface area contributed by atoms with Crippen molar-refractivity contribution in [2.75, 3.05) is 7.11 Å². The van der Waals surface area contributed by atoms with Crippen LogP contribution in [0, 0.1) is 5.92 Å². The lowest BCUT2D eigenvalue weighted by molar-refractivity contribution is -0.138. The van der Waals surface area contributed by atoms with Gasteiger partial charge in [-0.25, -0.2) is 9.59 Å². The molecule has 5 heteroatoms. The van der Waals surface area contributed by atoms with Gasteiger partial charge < -0.3 is 9.47 Å². The van der Waals surface area contributed by atoms with E-state index in [1.807, 2.05) is 0 Å². The molecule has 5 nitrogen and oxygen atoms in total. The Balaban J connectivity index is 2.01. The fourth-order valence-electron chi connectivity index (χ4n) is 1.65. The van der Waals surface area contributed by atoms with E-state index >= 15 is 0 Å². The van der Waals surface area contributed by atoms with E-state index in [1.54, 1.807) is 0 Å². The lowest BCUT2D eigenvalue weighted by atomic mass is 10.1. The summed E-state index contributed by atoms with van der Waals surface area (Å²) in [5.41, 5.74) is 0.402. The Bertz CT molecular complexity index is 516. The van der Waals surface area contributed by atoms with Crippen molar-refractivity contribution in [3.8, 4) is 0 Å². The smallest absolute Gasteiger partial charge is 0.345 e. The minimum Gasteiger partial charge on any atom is -0.465 e. The highest BCUT2D eigenvalue weighted by Gasteiger charge is 2.26. The molecule has 1 aromatic rings. The van der Waals surface area contributed by atoms with Gasteiger partial charge >= 0.3 is 17.9 Å². The molecule has 0 aliphatic heterocycles. The second-order valence-corrected chi connectivity index (χ2v) is 4.48. The van der Waals surface area contributed by atoms with E-state index in [0.29, 0.717) is 5.92 Å². The first-order valence-electron chi connectivity index (χ1n) is 6.03. The van der Waals surface area contributed by atoms with Crippen molar-refractivity contribution in [3.63, 3.8) is 0 Å². The second kappa shape index (κ2) is 5.65. The van der Waals surface area contributed by atoms with Crippen LogP contribution in [0.3, 0.4) is 0 Å². The van der Waals surface area contributed by atoms with Gasteiger partial charge in [0.25, 0.3) is 0 Å². The first-order valence-corrected chi connectivity index (χ1v) is 6.03. The van der Waals surface area contributed by atoms with Crippen LogP contribution in [0.1, 0.15) is 40.0 Å². The lowest BCUT2D eigenvalue weighted by Crippen LogP contribution is -2.13. The predicted octanol–water partition coefficient (Wildman–Crippen LogP) is 1.96. The third-order valence-corrected chi connectivity index (χ3v) is 2.88. The van der Waals surface area contributed by atoms with Gasteiger partial charge in [-0.05, 0) is 37.0 Å². The normalized spacial score (nSPS) is 13.7. The first-order chi connectivity index (χ1) is 9.10. The molecule has 0 spiro atoms. The Morgan fingerprint density at radius 2 is 1.79 bits per heavy atom. The summed E-state index contributed by atoms with van der Waals surface area (Å²) in [4.78, 5) is 34.5. The van der Waals surface area contributed by atoms with Crippen molar-refractivity contribution in [2.24, 2.45) is 5.92 Å². The van der Waals surface area contributed by atoms with Gasteiger partial charge in [-0.15, -0.1) is 0 Å². The molecule has 0 unspecified atom stereocenters. The minimum absolute atomic E-state index is 0.159. The zero-order chi connectivity index (χ0) is 13.8. The molecule has 19 heavy (non-hydrogen) atoms. The molecular weight excluding hydrogens is 248 g/mol. The molecule has 0 radical (unpaired) electrons. The van der Waals surface area contributed by atoms with Gasteiger partial charge in [0, 0.05) is 6.42 Å². The summed E-state index contributed by atoms with van der Waals surface area (Å²) in [7, 11) is 1.26. The number of carbonyl (C=O) groups excluding carboxylic acids is 3. The average molecular weight is 262 g/mol. The summed E-state index contributed by atoms with van der Waals surface area (Å²) in [5.74, 6) is -1.44. The Labute approximate surface area is 110 Å². The van der Waals surface area contributed by atoms with Crippen molar-refractivity contribution < 1.29 is 23.9 Å². The molecule has 0 atom stereocenters. The number of ether oxygens (including phenoxy) is 2. The van der Waals surface area contributed by atoms with E-state index in [-0.39, 0.29) is 17.5 Å². The molecule has 2 rings (SSSR count). The van der Waals surface area contributed by atoms with E-state index < -0.39 is 17.9 Å². The lowest BCUT2D eigenvalue weighted by Gasteiger charge is -2.04. The first kappa shape index (κ1) is 13.3. The molecule has 1 saturated carbocycles. The molecule has 1 aliphatic carbocycles. The number of benzene rings is 1. The van der Waals surface area contributed by atoms with Crippen molar-refractivity contribution in [2.45, 2.75) is 19.3 Å². The number of hydrogen-bond acceptors (Lipinski definition) is 5. The maximum absolute atomic E-state index is 11.7. The van der Waals surface area contributed by atoms with Crippen molar-refractivity contribution in [3.05, 3.63) is 35.4 Å². The number of carbonyl (C=O) groups is 3. The van der Waals surface area contributed by atoms with E-state index in [2.05, 4.69) is 4.74 Å². The number of hydrogen-bond donors (Lipinski definition) is 0. The minimum atomic E-state index is -0.739. The molecule has 0 aromatic heterocycles. The third kappa shape index (κ3) is 3.64. The molecular formula is C14H14O5. The molecule has 0 heterocycles. The number of esters is 3. The van der Waals surface area contributed by atoms with Crippen molar-refractivity contribution >= 4 is 17.9 Å². The zero-order valence-corrected chi connectivity index (χ0v) is 10.5.